The smallest absolute Gasteiger partial charge is 0.300 e. The number of thiol groups is 1. The zero-order valence-corrected chi connectivity index (χ0v) is 12.2. The third-order valence-corrected chi connectivity index (χ3v) is 7.24. The Hall–Kier alpha value is 0.420. The van der Waals surface area contributed by atoms with Gasteiger partial charge in [-0.3, -0.25) is 4.52 Å². The molecule has 0 saturated carbocycles. The Morgan fingerprint density at radius 1 is 1.38 bits per heavy atom. The second-order valence-corrected chi connectivity index (χ2v) is 8.51. The minimum absolute atomic E-state index is 0.344. The first-order valence-corrected chi connectivity index (χ1v) is 9.56. The van der Waals surface area contributed by atoms with Gasteiger partial charge in [0.25, 0.3) is 0 Å². The lowest BCUT2D eigenvalue weighted by Gasteiger charge is -2.12. The molecule has 1 aromatic carbocycles. The van der Waals surface area contributed by atoms with Gasteiger partial charge in [-0.25, -0.2) is 8.54 Å². The molecule has 1 aromatic rings. The molecule has 0 heterocycles. The molecule has 0 saturated heterocycles. The summed E-state index contributed by atoms with van der Waals surface area (Å²) in [4.78, 5) is 0. The zero-order valence-electron chi connectivity index (χ0n) is 8.74. The van der Waals surface area contributed by atoms with E-state index in [0.29, 0.717) is 12.4 Å². The van der Waals surface area contributed by atoms with Crippen molar-refractivity contribution < 1.29 is 13.1 Å². The fraction of sp³-hybridized carbons (Fsp3) is 0.333. The van der Waals surface area contributed by atoms with E-state index in [1.807, 2.05) is 30.3 Å². The second-order valence-electron chi connectivity index (χ2n) is 2.77. The molecule has 3 nitrogen and oxygen atoms in total. The van der Waals surface area contributed by atoms with E-state index in [1.165, 1.54) is 0 Å². The minimum atomic E-state index is -3.09. The normalized spacial score (nSPS) is 14.6. The largest absolute Gasteiger partial charge is 0.410 e. The predicted octanol–water partition coefficient (Wildman–Crippen LogP) is 4.57. The van der Waals surface area contributed by atoms with Crippen LogP contribution in [0.3, 0.4) is 0 Å². The summed E-state index contributed by atoms with van der Waals surface area (Å²) in [7, 11) is 0.817. The molecule has 0 aliphatic carbocycles. The van der Waals surface area contributed by atoms with E-state index in [1.54, 1.807) is 6.92 Å². The summed E-state index contributed by atoms with van der Waals surface area (Å²) in [6.07, 6.45) is 0. The Morgan fingerprint density at radius 2 is 2.06 bits per heavy atom. The van der Waals surface area contributed by atoms with Crippen molar-refractivity contribution >= 4 is 40.9 Å². The van der Waals surface area contributed by atoms with Crippen LogP contribution in [0.4, 0.5) is 0 Å². The Morgan fingerprint density at radius 3 is 2.62 bits per heavy atom. The van der Waals surface area contributed by atoms with Gasteiger partial charge in [0.15, 0.2) is 0 Å². The summed E-state index contributed by atoms with van der Waals surface area (Å²) in [5, 5.41) is 0. The maximum absolute atomic E-state index is 11.8. The highest BCUT2D eigenvalue weighted by Gasteiger charge is 2.24. The lowest BCUT2D eigenvalue weighted by atomic mass is 10.2. The highest BCUT2D eigenvalue weighted by Crippen LogP contribution is 2.64. The van der Waals surface area contributed by atoms with Gasteiger partial charge in [0.1, 0.15) is 0 Å². The van der Waals surface area contributed by atoms with Crippen LogP contribution in [0.5, 0.6) is 0 Å². The van der Waals surface area contributed by atoms with Gasteiger partial charge in [0, 0.05) is 28.2 Å². The van der Waals surface area contributed by atoms with Crippen LogP contribution in [0.1, 0.15) is 12.5 Å². The summed E-state index contributed by atoms with van der Waals surface area (Å²) < 4.78 is 22.0. The molecule has 0 radical (unpaired) electrons. The van der Waals surface area contributed by atoms with Crippen molar-refractivity contribution in [1.82, 2.24) is 0 Å². The van der Waals surface area contributed by atoms with Crippen molar-refractivity contribution in [2.75, 3.05) is 6.61 Å². The van der Waals surface area contributed by atoms with Gasteiger partial charge in [0.2, 0.25) is 0 Å². The van der Waals surface area contributed by atoms with E-state index in [4.69, 9.17) is 8.49 Å². The topological polar surface area (TPSA) is 35.5 Å². The molecular formula is C9H13O3PS3. The van der Waals surface area contributed by atoms with Crippen LogP contribution in [0, 0.1) is 0 Å². The quantitative estimate of drug-likeness (QED) is 0.345. The molecule has 0 spiro atoms. The Kier molecular flexibility index (Phi) is 6.96. The molecular weight excluding hydrogens is 283 g/mol. The first-order chi connectivity index (χ1) is 7.70. The maximum Gasteiger partial charge on any atom is 0.410 e. The average molecular weight is 296 g/mol. The van der Waals surface area contributed by atoms with Crippen molar-refractivity contribution in [2.45, 2.75) is 12.7 Å². The van der Waals surface area contributed by atoms with Crippen LogP contribution in [-0.4, -0.2) is 6.61 Å². The molecule has 0 fully saturated rings. The first kappa shape index (κ1) is 14.5. The maximum atomic E-state index is 11.8. The highest BCUT2D eigenvalue weighted by molar-refractivity contribution is 8.93. The standard InChI is InChI=1S/C9H13O3PS3/c1-2-11-13(10,16-14)12-15-8-9-6-4-3-5-7-9/h3-7,14H,2,8H2,1H3. The molecule has 0 N–H and O–H groups in total. The van der Waals surface area contributed by atoms with Gasteiger partial charge >= 0.3 is 6.80 Å². The molecule has 0 aliphatic rings. The molecule has 1 atom stereocenters. The molecule has 0 amide bonds. The number of hydrogen-bond acceptors (Lipinski definition) is 6. The Balaban J connectivity index is 2.37. The van der Waals surface area contributed by atoms with E-state index in [-0.39, 0.29) is 0 Å². The number of rotatable bonds is 7. The van der Waals surface area contributed by atoms with Gasteiger partial charge in [-0.05, 0) is 12.5 Å². The Bertz CT molecular complexity index is 347. The lowest BCUT2D eigenvalue weighted by Crippen LogP contribution is -1.87. The van der Waals surface area contributed by atoms with Gasteiger partial charge in [-0.2, -0.15) is 0 Å². The Labute approximate surface area is 109 Å². The monoisotopic (exact) mass is 296 g/mol. The SMILES string of the molecule is CCOP(=O)(OSCc1ccccc1)SS. The summed E-state index contributed by atoms with van der Waals surface area (Å²) in [6, 6.07) is 9.81. The highest BCUT2D eigenvalue weighted by atomic mass is 33.3. The predicted molar refractivity (Wildman–Crippen MR) is 74.6 cm³/mol. The van der Waals surface area contributed by atoms with Gasteiger partial charge in [-0.15, -0.1) is 0 Å². The zero-order chi connectivity index (χ0) is 11.9. The van der Waals surface area contributed by atoms with Crippen LogP contribution < -0.4 is 0 Å². The van der Waals surface area contributed by atoms with E-state index in [0.717, 1.165) is 28.0 Å². The molecule has 0 bridgehead atoms. The summed E-state index contributed by atoms with van der Waals surface area (Å²) >= 11 is 5.01. The lowest BCUT2D eigenvalue weighted by molar-refractivity contribution is 0.306. The van der Waals surface area contributed by atoms with E-state index in [2.05, 4.69) is 11.7 Å². The van der Waals surface area contributed by atoms with Crippen molar-refractivity contribution in [3.8, 4) is 0 Å². The van der Waals surface area contributed by atoms with Gasteiger partial charge in [-0.1, -0.05) is 42.0 Å². The van der Waals surface area contributed by atoms with Crippen molar-refractivity contribution in [3.05, 3.63) is 35.9 Å². The van der Waals surface area contributed by atoms with Crippen LogP contribution in [0.25, 0.3) is 0 Å². The third kappa shape index (κ3) is 5.17. The van der Waals surface area contributed by atoms with Crippen LogP contribution in [0.15, 0.2) is 30.3 Å². The molecule has 1 unspecified atom stereocenters. The fourth-order valence-corrected chi connectivity index (χ4v) is 4.90. The summed E-state index contributed by atoms with van der Waals surface area (Å²) in [6.45, 7) is -0.984. The van der Waals surface area contributed by atoms with E-state index < -0.39 is 6.80 Å². The first-order valence-electron chi connectivity index (χ1n) is 4.63. The minimum Gasteiger partial charge on any atom is -0.300 e. The molecule has 0 aromatic heterocycles. The molecule has 0 aliphatic heterocycles. The second kappa shape index (κ2) is 7.69. The van der Waals surface area contributed by atoms with Gasteiger partial charge < -0.3 is 0 Å². The summed E-state index contributed by atoms with van der Waals surface area (Å²) in [5.74, 6) is 0.631. The van der Waals surface area contributed by atoms with Crippen molar-refractivity contribution in [2.24, 2.45) is 0 Å². The molecule has 90 valence electrons. The number of benzene rings is 1. The third-order valence-electron chi connectivity index (χ3n) is 1.60. The molecule has 16 heavy (non-hydrogen) atoms. The van der Waals surface area contributed by atoms with E-state index >= 15 is 0 Å². The molecule has 1 rings (SSSR count). The fourth-order valence-electron chi connectivity index (χ4n) is 0.950. The van der Waals surface area contributed by atoms with Crippen LogP contribution in [-0.2, 0) is 18.8 Å². The van der Waals surface area contributed by atoms with Crippen LogP contribution >= 0.6 is 40.9 Å². The van der Waals surface area contributed by atoms with Crippen LogP contribution in [0.2, 0.25) is 0 Å². The average Bonchev–Trinajstić information content (AvgIpc) is 2.31. The number of hydrogen-bond donors (Lipinski definition) is 1. The van der Waals surface area contributed by atoms with Gasteiger partial charge in [0.05, 0.1) is 6.61 Å². The summed E-state index contributed by atoms with van der Waals surface area (Å²) in [5.41, 5.74) is 1.11. The molecule has 7 heteroatoms. The van der Waals surface area contributed by atoms with Crippen molar-refractivity contribution in [3.63, 3.8) is 0 Å². The van der Waals surface area contributed by atoms with E-state index in [9.17, 15) is 4.57 Å². The van der Waals surface area contributed by atoms with Crippen molar-refractivity contribution in [1.29, 1.82) is 0 Å².